The molecule has 1 aliphatic rings. The Morgan fingerprint density at radius 3 is 2.47 bits per heavy atom. The van der Waals surface area contributed by atoms with Crippen LogP contribution in [0.15, 0.2) is 5.16 Å². The molecule has 2 nitrogen and oxygen atoms in total. The van der Waals surface area contributed by atoms with Crippen LogP contribution in [0.2, 0.25) is 5.15 Å². The monoisotopic (exact) mass is 242 g/mol. The van der Waals surface area contributed by atoms with E-state index in [1.54, 1.807) is 11.8 Å². The van der Waals surface area contributed by atoms with E-state index in [2.05, 4.69) is 9.97 Å². The molecule has 0 bridgehead atoms. The zero-order valence-electron chi connectivity index (χ0n) is 9.09. The summed E-state index contributed by atoms with van der Waals surface area (Å²) >= 11 is 7.77. The third kappa shape index (κ3) is 2.28. The van der Waals surface area contributed by atoms with Crippen molar-refractivity contribution >= 4 is 23.4 Å². The lowest BCUT2D eigenvalue weighted by molar-refractivity contribution is 0.697. The van der Waals surface area contributed by atoms with Gasteiger partial charge >= 0.3 is 0 Å². The van der Waals surface area contributed by atoms with E-state index in [-0.39, 0.29) is 0 Å². The van der Waals surface area contributed by atoms with Gasteiger partial charge in [-0.3, -0.25) is 0 Å². The first kappa shape index (κ1) is 11.2. The molecule has 0 N–H and O–H groups in total. The molecule has 1 aromatic rings. The molecule has 1 fully saturated rings. The Bertz CT molecular complexity index is 339. The van der Waals surface area contributed by atoms with E-state index in [1.165, 1.54) is 31.2 Å². The number of aromatic nitrogens is 2. The van der Waals surface area contributed by atoms with E-state index in [0.29, 0.717) is 11.1 Å². The van der Waals surface area contributed by atoms with Gasteiger partial charge in [0.25, 0.3) is 0 Å². The number of thioether (sulfide) groups is 1. The van der Waals surface area contributed by atoms with E-state index in [4.69, 9.17) is 11.6 Å². The Morgan fingerprint density at radius 1 is 1.27 bits per heavy atom. The molecular weight excluding hydrogens is 228 g/mol. The van der Waals surface area contributed by atoms with E-state index in [1.807, 2.05) is 13.2 Å². The van der Waals surface area contributed by atoms with Gasteiger partial charge in [-0.25, -0.2) is 9.97 Å². The maximum absolute atomic E-state index is 6.23. The average molecular weight is 243 g/mol. The van der Waals surface area contributed by atoms with Crippen LogP contribution in [0, 0.1) is 6.92 Å². The first-order chi connectivity index (χ1) is 7.22. The fourth-order valence-electron chi connectivity index (χ4n) is 2.29. The number of rotatable bonds is 2. The van der Waals surface area contributed by atoms with Crippen LogP contribution in [-0.4, -0.2) is 16.2 Å². The number of hydrogen-bond acceptors (Lipinski definition) is 3. The van der Waals surface area contributed by atoms with Crippen LogP contribution in [0.25, 0.3) is 0 Å². The molecule has 0 unspecified atom stereocenters. The quantitative estimate of drug-likeness (QED) is 0.448. The molecule has 0 radical (unpaired) electrons. The van der Waals surface area contributed by atoms with Gasteiger partial charge in [-0.2, -0.15) is 0 Å². The summed E-state index contributed by atoms with van der Waals surface area (Å²) < 4.78 is 0. The van der Waals surface area contributed by atoms with Gasteiger partial charge in [0.2, 0.25) is 0 Å². The summed E-state index contributed by atoms with van der Waals surface area (Å²) in [5.41, 5.74) is 2.25. The first-order valence-corrected chi connectivity index (χ1v) is 6.90. The Balaban J connectivity index is 2.37. The van der Waals surface area contributed by atoms with Crippen molar-refractivity contribution in [1.82, 2.24) is 9.97 Å². The summed E-state index contributed by atoms with van der Waals surface area (Å²) in [4.78, 5) is 8.78. The highest BCUT2D eigenvalue weighted by molar-refractivity contribution is 7.98. The van der Waals surface area contributed by atoms with Crippen LogP contribution in [0.4, 0.5) is 0 Å². The highest BCUT2D eigenvalue weighted by Gasteiger charge is 2.23. The number of aryl methyl sites for hydroxylation is 1. The van der Waals surface area contributed by atoms with Gasteiger partial charge < -0.3 is 0 Å². The minimum Gasteiger partial charge on any atom is -0.228 e. The number of nitrogens with zero attached hydrogens (tertiary/aromatic N) is 2. The van der Waals surface area contributed by atoms with Gasteiger partial charge in [0, 0.05) is 11.3 Å². The summed E-state index contributed by atoms with van der Waals surface area (Å²) in [6.07, 6.45) is 7.07. The van der Waals surface area contributed by atoms with Gasteiger partial charge in [0.1, 0.15) is 5.15 Å². The molecule has 0 aromatic carbocycles. The second-order valence-electron chi connectivity index (χ2n) is 3.98. The molecule has 15 heavy (non-hydrogen) atoms. The molecule has 0 atom stereocenters. The zero-order chi connectivity index (χ0) is 10.8. The fraction of sp³-hybridized carbons (Fsp3) is 0.636. The first-order valence-electron chi connectivity index (χ1n) is 5.30. The van der Waals surface area contributed by atoms with Crippen LogP contribution in [0.5, 0.6) is 0 Å². The molecule has 1 aliphatic carbocycles. The predicted octanol–water partition coefficient (Wildman–Crippen LogP) is 3.82. The predicted molar refractivity (Wildman–Crippen MR) is 64.8 cm³/mol. The molecule has 4 heteroatoms. The van der Waals surface area contributed by atoms with Crippen molar-refractivity contribution in [2.45, 2.75) is 43.7 Å². The highest BCUT2D eigenvalue weighted by atomic mass is 35.5. The normalized spacial score (nSPS) is 17.3. The lowest BCUT2D eigenvalue weighted by Gasteiger charge is -2.14. The smallest absolute Gasteiger partial charge is 0.188 e. The molecule has 1 aromatic heterocycles. The molecule has 1 saturated carbocycles. The number of hydrogen-bond donors (Lipinski definition) is 0. The third-order valence-electron chi connectivity index (χ3n) is 3.02. The average Bonchev–Trinajstić information content (AvgIpc) is 2.69. The van der Waals surface area contributed by atoms with Gasteiger partial charge in [0.15, 0.2) is 5.16 Å². The molecule has 0 saturated heterocycles. The molecular formula is C11H15ClN2S. The molecule has 2 rings (SSSR count). The van der Waals surface area contributed by atoms with Crippen molar-refractivity contribution in [2.75, 3.05) is 6.26 Å². The van der Waals surface area contributed by atoms with Crippen LogP contribution < -0.4 is 0 Å². The molecule has 0 amide bonds. The summed E-state index contributed by atoms with van der Waals surface area (Å²) in [7, 11) is 0. The second-order valence-corrected chi connectivity index (χ2v) is 5.11. The molecule has 0 spiro atoms. The third-order valence-corrected chi connectivity index (χ3v) is 3.85. The maximum Gasteiger partial charge on any atom is 0.188 e. The van der Waals surface area contributed by atoms with Crippen LogP contribution >= 0.6 is 23.4 Å². The highest BCUT2D eigenvalue weighted by Crippen LogP contribution is 2.38. The van der Waals surface area contributed by atoms with E-state index < -0.39 is 0 Å². The molecule has 1 heterocycles. The minimum absolute atomic E-state index is 0.591. The topological polar surface area (TPSA) is 25.8 Å². The Kier molecular flexibility index (Phi) is 3.52. The van der Waals surface area contributed by atoms with E-state index in [0.717, 1.165) is 10.9 Å². The maximum atomic E-state index is 6.23. The molecule has 0 aliphatic heterocycles. The fourth-order valence-corrected chi connectivity index (χ4v) is 3.12. The van der Waals surface area contributed by atoms with Crippen molar-refractivity contribution in [2.24, 2.45) is 0 Å². The summed E-state index contributed by atoms with van der Waals surface area (Å²) in [5, 5.41) is 1.44. The summed E-state index contributed by atoms with van der Waals surface area (Å²) in [6, 6.07) is 0. The largest absolute Gasteiger partial charge is 0.228 e. The Hall–Kier alpha value is -0.280. The van der Waals surface area contributed by atoms with Crippen LogP contribution in [0.3, 0.4) is 0 Å². The van der Waals surface area contributed by atoms with Crippen molar-refractivity contribution in [1.29, 1.82) is 0 Å². The number of halogens is 1. The van der Waals surface area contributed by atoms with Crippen molar-refractivity contribution < 1.29 is 0 Å². The summed E-state index contributed by atoms with van der Waals surface area (Å²) in [6.45, 7) is 2.04. The van der Waals surface area contributed by atoms with Gasteiger partial charge in [-0.15, -0.1) is 0 Å². The van der Waals surface area contributed by atoms with Gasteiger partial charge in [-0.1, -0.05) is 36.2 Å². The second kappa shape index (κ2) is 4.71. The summed E-state index contributed by atoms with van der Waals surface area (Å²) in [5.74, 6) is 0.591. The van der Waals surface area contributed by atoms with Crippen LogP contribution in [-0.2, 0) is 0 Å². The Morgan fingerprint density at radius 2 is 1.93 bits per heavy atom. The SMILES string of the molecule is CSc1nc(C)c(C2CCCC2)c(Cl)n1. The lowest BCUT2D eigenvalue weighted by Crippen LogP contribution is -2.03. The van der Waals surface area contributed by atoms with Gasteiger partial charge in [0.05, 0.1) is 0 Å². The van der Waals surface area contributed by atoms with Crippen LogP contribution in [0.1, 0.15) is 42.9 Å². The van der Waals surface area contributed by atoms with E-state index >= 15 is 0 Å². The lowest BCUT2D eigenvalue weighted by atomic mass is 9.98. The van der Waals surface area contributed by atoms with Gasteiger partial charge in [-0.05, 0) is 31.9 Å². The zero-order valence-corrected chi connectivity index (χ0v) is 10.7. The van der Waals surface area contributed by atoms with Crippen molar-refractivity contribution in [3.63, 3.8) is 0 Å². The van der Waals surface area contributed by atoms with E-state index in [9.17, 15) is 0 Å². The van der Waals surface area contributed by atoms with Crippen molar-refractivity contribution in [3.8, 4) is 0 Å². The molecule has 82 valence electrons. The standard InChI is InChI=1S/C11H15ClN2S/c1-7-9(8-5-3-4-6-8)10(12)14-11(13-7)15-2/h8H,3-6H2,1-2H3. The minimum atomic E-state index is 0.591. The Labute approximate surface area is 99.8 Å². The van der Waals surface area contributed by atoms with Crippen molar-refractivity contribution in [3.05, 3.63) is 16.4 Å².